The van der Waals surface area contributed by atoms with Crippen LogP contribution in [-0.4, -0.2) is 27.5 Å². The molecule has 5 nitrogen and oxygen atoms in total. The van der Waals surface area contributed by atoms with Crippen LogP contribution in [0.25, 0.3) is 11.1 Å². The molecule has 0 aliphatic carbocycles. The Kier molecular flexibility index (Phi) is 6.34. The smallest absolute Gasteiger partial charge is 0.265 e. The number of amides is 1. The third-order valence-electron chi connectivity index (χ3n) is 4.52. The first-order valence-corrected chi connectivity index (χ1v) is 10.4. The second-order valence-corrected chi connectivity index (χ2v) is 8.52. The number of ether oxygens (including phenoxy) is 1. The van der Waals surface area contributed by atoms with Crippen LogP contribution < -0.4 is 4.72 Å². The molecular weight excluding hydrogens is 457 g/mol. The summed E-state index contributed by atoms with van der Waals surface area (Å²) in [6, 6.07) is 0.865. The highest BCUT2D eigenvalue weighted by Gasteiger charge is 2.30. The third kappa shape index (κ3) is 4.28. The van der Waals surface area contributed by atoms with Gasteiger partial charge >= 0.3 is 0 Å². The summed E-state index contributed by atoms with van der Waals surface area (Å²) in [6.07, 6.45) is 0.546. The topological polar surface area (TPSA) is 72.5 Å². The minimum Gasteiger partial charge on any atom is -0.381 e. The molecule has 0 radical (unpaired) electrons. The standard InChI is InChI=1S/C18H13ClF5NO4S/c19-10-6-11(20)9(15-12(21)7-13(22)16(23)17(15)24)5-14(10)30(27,28)25-18(26)8-1-3-29-4-2-8/h5-8H,1-4H2,(H,25,26). The zero-order valence-electron chi connectivity index (χ0n) is 14.9. The average Bonchev–Trinajstić information content (AvgIpc) is 2.68. The van der Waals surface area contributed by atoms with Crippen LogP contribution in [0.2, 0.25) is 5.02 Å². The molecule has 1 saturated heterocycles. The van der Waals surface area contributed by atoms with Crippen molar-refractivity contribution in [3.8, 4) is 11.1 Å². The first kappa shape index (κ1) is 22.4. The number of halogens is 6. The van der Waals surface area contributed by atoms with Gasteiger partial charge in [0.1, 0.15) is 16.5 Å². The van der Waals surface area contributed by atoms with Gasteiger partial charge in [-0.25, -0.2) is 35.1 Å². The van der Waals surface area contributed by atoms with Crippen molar-refractivity contribution in [1.82, 2.24) is 4.72 Å². The van der Waals surface area contributed by atoms with Crippen molar-refractivity contribution in [2.75, 3.05) is 13.2 Å². The van der Waals surface area contributed by atoms with Crippen LogP contribution in [0.15, 0.2) is 23.1 Å². The molecular formula is C18H13ClF5NO4S. The van der Waals surface area contributed by atoms with Gasteiger partial charge in [-0.15, -0.1) is 0 Å². The summed E-state index contributed by atoms with van der Waals surface area (Å²) in [4.78, 5) is 11.4. The van der Waals surface area contributed by atoms with E-state index in [1.807, 2.05) is 0 Å². The van der Waals surface area contributed by atoms with E-state index in [4.69, 9.17) is 16.3 Å². The summed E-state index contributed by atoms with van der Waals surface area (Å²) in [7, 11) is -4.68. The van der Waals surface area contributed by atoms with E-state index < -0.39 is 72.0 Å². The van der Waals surface area contributed by atoms with Gasteiger partial charge in [-0.2, -0.15) is 0 Å². The van der Waals surface area contributed by atoms with E-state index in [2.05, 4.69) is 0 Å². The summed E-state index contributed by atoms with van der Waals surface area (Å²) >= 11 is 5.77. The number of nitrogens with one attached hydrogen (secondary N) is 1. The Morgan fingerprint density at radius 2 is 1.60 bits per heavy atom. The molecule has 12 heteroatoms. The number of rotatable bonds is 4. The van der Waals surface area contributed by atoms with E-state index in [1.165, 1.54) is 0 Å². The summed E-state index contributed by atoms with van der Waals surface area (Å²) < 4.78 is 101. The minimum absolute atomic E-state index is 0.0110. The largest absolute Gasteiger partial charge is 0.381 e. The molecule has 2 aromatic rings. The third-order valence-corrected chi connectivity index (χ3v) is 6.33. The molecule has 0 bridgehead atoms. The second-order valence-electron chi connectivity index (χ2n) is 6.46. The Bertz CT molecular complexity index is 1120. The maximum absolute atomic E-state index is 14.3. The molecule has 0 unspecified atom stereocenters. The first-order chi connectivity index (χ1) is 14.0. The van der Waals surface area contributed by atoms with E-state index in [0.717, 1.165) is 0 Å². The van der Waals surface area contributed by atoms with E-state index >= 15 is 0 Å². The number of benzene rings is 2. The van der Waals surface area contributed by atoms with Gasteiger partial charge in [-0.1, -0.05) is 11.6 Å². The summed E-state index contributed by atoms with van der Waals surface area (Å²) in [5, 5.41) is -0.688. The van der Waals surface area contributed by atoms with Crippen LogP contribution in [0.4, 0.5) is 22.0 Å². The van der Waals surface area contributed by atoms with Crippen molar-refractivity contribution in [1.29, 1.82) is 0 Å². The lowest BCUT2D eigenvalue weighted by atomic mass is 10.0. The fourth-order valence-corrected chi connectivity index (χ4v) is 4.56. The minimum atomic E-state index is -4.68. The van der Waals surface area contributed by atoms with Gasteiger partial charge < -0.3 is 4.74 Å². The quantitative estimate of drug-likeness (QED) is 0.418. The first-order valence-electron chi connectivity index (χ1n) is 8.49. The van der Waals surface area contributed by atoms with Gasteiger partial charge in [0.2, 0.25) is 5.91 Å². The Hall–Kier alpha value is -2.24. The molecule has 1 N–H and O–H groups in total. The number of carbonyl (C=O) groups is 1. The van der Waals surface area contributed by atoms with Crippen molar-refractivity contribution in [2.45, 2.75) is 17.7 Å². The van der Waals surface area contributed by atoms with Crippen LogP contribution in [0.1, 0.15) is 12.8 Å². The predicted molar refractivity (Wildman–Crippen MR) is 95.5 cm³/mol. The van der Waals surface area contributed by atoms with Gasteiger partial charge in [-0.05, 0) is 25.0 Å². The zero-order chi connectivity index (χ0) is 22.2. The SMILES string of the molecule is O=C(NS(=O)(=O)c1cc(-c2c(F)cc(F)c(F)c2F)c(F)cc1Cl)C1CCOCC1. The van der Waals surface area contributed by atoms with Crippen LogP contribution in [0.5, 0.6) is 0 Å². The number of carbonyl (C=O) groups excluding carboxylic acids is 1. The number of sulfonamides is 1. The second kappa shape index (κ2) is 8.48. The van der Waals surface area contributed by atoms with E-state index in [9.17, 15) is 35.2 Å². The predicted octanol–water partition coefficient (Wildman–Crippen LogP) is 3.93. The monoisotopic (exact) mass is 469 g/mol. The molecule has 0 saturated carbocycles. The maximum Gasteiger partial charge on any atom is 0.265 e. The summed E-state index contributed by atoms with van der Waals surface area (Å²) in [6.45, 7) is 0.516. The molecule has 1 heterocycles. The van der Waals surface area contributed by atoms with Crippen LogP contribution in [-0.2, 0) is 19.6 Å². The van der Waals surface area contributed by atoms with E-state index in [-0.39, 0.29) is 32.1 Å². The van der Waals surface area contributed by atoms with Crippen LogP contribution >= 0.6 is 11.6 Å². The van der Waals surface area contributed by atoms with Gasteiger partial charge in [0, 0.05) is 30.8 Å². The summed E-state index contributed by atoms with van der Waals surface area (Å²) in [5.74, 6) is -10.5. The van der Waals surface area contributed by atoms with Gasteiger partial charge in [-0.3, -0.25) is 4.79 Å². The fraction of sp³-hybridized carbons (Fsp3) is 0.278. The molecule has 0 aromatic heterocycles. The molecule has 1 fully saturated rings. The van der Waals surface area contributed by atoms with Crippen molar-refractivity contribution in [3.05, 3.63) is 52.3 Å². The lowest BCUT2D eigenvalue weighted by molar-refractivity contribution is -0.125. The molecule has 30 heavy (non-hydrogen) atoms. The molecule has 1 aliphatic rings. The molecule has 1 amide bonds. The summed E-state index contributed by atoms with van der Waals surface area (Å²) in [5.41, 5.74) is -2.34. The zero-order valence-corrected chi connectivity index (χ0v) is 16.5. The van der Waals surface area contributed by atoms with Crippen molar-refractivity contribution in [2.24, 2.45) is 5.92 Å². The van der Waals surface area contributed by atoms with Crippen molar-refractivity contribution in [3.63, 3.8) is 0 Å². The highest BCUT2D eigenvalue weighted by molar-refractivity contribution is 7.90. The Balaban J connectivity index is 2.06. The Morgan fingerprint density at radius 3 is 2.23 bits per heavy atom. The fourth-order valence-electron chi connectivity index (χ4n) is 2.97. The maximum atomic E-state index is 14.3. The van der Waals surface area contributed by atoms with Gasteiger partial charge in [0.25, 0.3) is 10.0 Å². The Morgan fingerprint density at radius 1 is 0.967 bits per heavy atom. The van der Waals surface area contributed by atoms with Crippen molar-refractivity contribution < 1.29 is 39.9 Å². The highest BCUT2D eigenvalue weighted by Crippen LogP contribution is 2.35. The van der Waals surface area contributed by atoms with Crippen molar-refractivity contribution >= 4 is 27.5 Å². The average molecular weight is 470 g/mol. The molecule has 3 rings (SSSR count). The highest BCUT2D eigenvalue weighted by atomic mass is 35.5. The van der Waals surface area contributed by atoms with Gasteiger partial charge in [0.15, 0.2) is 17.5 Å². The molecule has 0 spiro atoms. The van der Waals surface area contributed by atoms with Crippen LogP contribution in [0, 0.1) is 35.0 Å². The number of hydrogen-bond acceptors (Lipinski definition) is 4. The number of hydrogen-bond donors (Lipinski definition) is 1. The van der Waals surface area contributed by atoms with E-state index in [1.54, 1.807) is 4.72 Å². The lowest BCUT2D eigenvalue weighted by Crippen LogP contribution is -2.38. The molecule has 0 atom stereocenters. The lowest BCUT2D eigenvalue weighted by Gasteiger charge is -2.21. The van der Waals surface area contributed by atoms with E-state index in [0.29, 0.717) is 12.1 Å². The normalized spacial score (nSPS) is 15.3. The van der Waals surface area contributed by atoms with Gasteiger partial charge in [0.05, 0.1) is 10.6 Å². The Labute approximate surface area is 172 Å². The molecule has 1 aliphatic heterocycles. The molecule has 2 aromatic carbocycles. The molecule has 162 valence electrons. The van der Waals surface area contributed by atoms with Crippen LogP contribution in [0.3, 0.4) is 0 Å².